The zero-order valence-electron chi connectivity index (χ0n) is 9.27. The van der Waals surface area contributed by atoms with E-state index in [4.69, 9.17) is 0 Å². The first-order valence-corrected chi connectivity index (χ1v) is 5.20. The van der Waals surface area contributed by atoms with Crippen molar-refractivity contribution in [3.8, 4) is 0 Å². The Balaban J connectivity index is 3.82. The Morgan fingerprint density at radius 2 is 2.00 bits per heavy atom. The fraction of sp³-hybridized carbons (Fsp3) is 0.538. The maximum Gasteiger partial charge on any atom is -0.0282 e. The predicted octanol–water partition coefficient (Wildman–Crippen LogP) is 4.65. The Morgan fingerprint density at radius 3 is 2.54 bits per heavy atom. The minimum absolute atomic E-state index is 1.15. The molecule has 0 aromatic heterocycles. The van der Waals surface area contributed by atoms with Crippen LogP contribution in [0.3, 0.4) is 0 Å². The van der Waals surface area contributed by atoms with Gasteiger partial charge in [0.15, 0.2) is 0 Å². The SMILES string of the molecule is C=C(CCCCC)/C(C)=C/C=C\C. The van der Waals surface area contributed by atoms with Crippen LogP contribution >= 0.6 is 0 Å². The first-order valence-electron chi connectivity index (χ1n) is 5.20. The maximum absolute atomic E-state index is 4.08. The highest BCUT2D eigenvalue weighted by molar-refractivity contribution is 5.29. The van der Waals surface area contributed by atoms with Gasteiger partial charge < -0.3 is 0 Å². The van der Waals surface area contributed by atoms with Crippen molar-refractivity contribution in [2.75, 3.05) is 0 Å². The quantitative estimate of drug-likeness (QED) is 0.410. The van der Waals surface area contributed by atoms with Crippen molar-refractivity contribution >= 4 is 0 Å². The summed E-state index contributed by atoms with van der Waals surface area (Å²) in [6, 6.07) is 0. The molecule has 0 aromatic carbocycles. The second-order valence-electron chi connectivity index (χ2n) is 3.44. The summed E-state index contributed by atoms with van der Waals surface area (Å²) in [5, 5.41) is 0. The summed E-state index contributed by atoms with van der Waals surface area (Å²) in [5.41, 5.74) is 2.60. The second kappa shape index (κ2) is 7.85. The summed E-state index contributed by atoms with van der Waals surface area (Å²) in [4.78, 5) is 0. The Kier molecular flexibility index (Phi) is 7.38. The minimum atomic E-state index is 1.15. The lowest BCUT2D eigenvalue weighted by Crippen LogP contribution is -1.84. The topological polar surface area (TPSA) is 0 Å². The van der Waals surface area contributed by atoms with Gasteiger partial charge in [-0.15, -0.1) is 0 Å². The highest BCUT2D eigenvalue weighted by Crippen LogP contribution is 2.15. The van der Waals surface area contributed by atoms with Crippen molar-refractivity contribution in [2.24, 2.45) is 0 Å². The molecule has 0 heterocycles. The number of hydrogen-bond acceptors (Lipinski definition) is 0. The summed E-state index contributed by atoms with van der Waals surface area (Å²) in [6.45, 7) is 10.5. The van der Waals surface area contributed by atoms with Gasteiger partial charge in [-0.2, -0.15) is 0 Å². The molecule has 0 atom stereocenters. The highest BCUT2D eigenvalue weighted by Gasteiger charge is 1.95. The Morgan fingerprint density at radius 1 is 1.31 bits per heavy atom. The maximum atomic E-state index is 4.08. The van der Waals surface area contributed by atoms with Crippen LogP contribution < -0.4 is 0 Å². The third-order valence-electron chi connectivity index (χ3n) is 2.18. The summed E-state index contributed by atoms with van der Waals surface area (Å²) < 4.78 is 0. The molecule has 0 heteroatoms. The van der Waals surface area contributed by atoms with E-state index < -0.39 is 0 Å². The van der Waals surface area contributed by atoms with Gasteiger partial charge in [0.2, 0.25) is 0 Å². The van der Waals surface area contributed by atoms with Crippen molar-refractivity contribution in [1.29, 1.82) is 0 Å². The zero-order valence-corrected chi connectivity index (χ0v) is 9.27. The zero-order chi connectivity index (χ0) is 10.1. The van der Waals surface area contributed by atoms with E-state index >= 15 is 0 Å². The van der Waals surface area contributed by atoms with Gasteiger partial charge in [-0.25, -0.2) is 0 Å². The molecule has 0 nitrogen and oxygen atoms in total. The third kappa shape index (κ3) is 6.39. The number of rotatable bonds is 6. The van der Waals surface area contributed by atoms with Crippen LogP contribution in [0.4, 0.5) is 0 Å². The highest BCUT2D eigenvalue weighted by atomic mass is 14.0. The van der Waals surface area contributed by atoms with Crippen molar-refractivity contribution in [3.05, 3.63) is 36.0 Å². The molecule has 0 N–H and O–H groups in total. The molecule has 0 radical (unpaired) electrons. The molecule has 0 bridgehead atoms. The van der Waals surface area contributed by atoms with Gasteiger partial charge >= 0.3 is 0 Å². The molecule has 0 aliphatic carbocycles. The minimum Gasteiger partial charge on any atom is -0.0956 e. The van der Waals surface area contributed by atoms with Gasteiger partial charge in [-0.05, 0) is 32.3 Å². The van der Waals surface area contributed by atoms with Crippen molar-refractivity contribution in [2.45, 2.75) is 46.5 Å². The molecule has 13 heavy (non-hydrogen) atoms. The summed E-state index contributed by atoms with van der Waals surface area (Å²) in [6.07, 6.45) is 11.3. The Labute approximate surface area is 83.0 Å². The van der Waals surface area contributed by atoms with Crippen LogP contribution in [-0.2, 0) is 0 Å². The van der Waals surface area contributed by atoms with Gasteiger partial charge in [0.05, 0.1) is 0 Å². The molecule has 0 spiro atoms. The average Bonchev–Trinajstić information content (AvgIpc) is 2.14. The van der Waals surface area contributed by atoms with Crippen molar-refractivity contribution in [1.82, 2.24) is 0 Å². The molecule has 74 valence electrons. The molecular formula is C13H22. The average molecular weight is 178 g/mol. The smallest absolute Gasteiger partial charge is 0.0282 e. The summed E-state index contributed by atoms with van der Waals surface area (Å²) in [7, 11) is 0. The molecule has 0 fully saturated rings. The molecule has 0 aliphatic heterocycles. The fourth-order valence-corrected chi connectivity index (χ4v) is 1.14. The van der Waals surface area contributed by atoms with Crippen LogP contribution in [0.15, 0.2) is 36.0 Å². The van der Waals surface area contributed by atoms with Crippen LogP contribution in [-0.4, -0.2) is 0 Å². The van der Waals surface area contributed by atoms with Crippen LogP contribution in [0.25, 0.3) is 0 Å². The van der Waals surface area contributed by atoms with E-state index in [1.54, 1.807) is 0 Å². The molecule has 0 rings (SSSR count). The lowest BCUT2D eigenvalue weighted by atomic mass is 10.0. The first-order chi connectivity index (χ1) is 6.22. The second-order valence-corrected chi connectivity index (χ2v) is 3.44. The summed E-state index contributed by atoms with van der Waals surface area (Å²) >= 11 is 0. The van der Waals surface area contributed by atoms with Gasteiger partial charge in [0.25, 0.3) is 0 Å². The Bertz CT molecular complexity index is 194. The van der Waals surface area contributed by atoms with E-state index in [2.05, 4.69) is 32.6 Å². The fourth-order valence-electron chi connectivity index (χ4n) is 1.14. The number of unbranched alkanes of at least 4 members (excludes halogenated alkanes) is 2. The largest absolute Gasteiger partial charge is 0.0956 e. The molecule has 0 amide bonds. The van der Waals surface area contributed by atoms with Crippen molar-refractivity contribution in [3.63, 3.8) is 0 Å². The lowest BCUT2D eigenvalue weighted by molar-refractivity contribution is 0.717. The van der Waals surface area contributed by atoms with E-state index in [-0.39, 0.29) is 0 Å². The molecule has 0 unspecified atom stereocenters. The van der Waals surface area contributed by atoms with Crippen LogP contribution in [0, 0.1) is 0 Å². The van der Waals surface area contributed by atoms with Crippen LogP contribution in [0.2, 0.25) is 0 Å². The molecule has 0 saturated carbocycles. The predicted molar refractivity (Wildman–Crippen MR) is 61.9 cm³/mol. The van der Waals surface area contributed by atoms with Crippen molar-refractivity contribution < 1.29 is 0 Å². The monoisotopic (exact) mass is 178 g/mol. The number of allylic oxidation sites excluding steroid dienone is 5. The Hall–Kier alpha value is -0.780. The van der Waals surface area contributed by atoms with Crippen LogP contribution in [0.1, 0.15) is 46.5 Å². The van der Waals surface area contributed by atoms with Gasteiger partial charge in [-0.1, -0.05) is 50.1 Å². The van der Waals surface area contributed by atoms with E-state index in [0.29, 0.717) is 0 Å². The van der Waals surface area contributed by atoms with E-state index in [9.17, 15) is 0 Å². The number of hydrogen-bond donors (Lipinski definition) is 0. The van der Waals surface area contributed by atoms with E-state index in [0.717, 1.165) is 6.42 Å². The third-order valence-corrected chi connectivity index (χ3v) is 2.18. The molecule has 0 aromatic rings. The summed E-state index contributed by atoms with van der Waals surface area (Å²) in [5.74, 6) is 0. The first kappa shape index (κ1) is 12.2. The normalized spacial score (nSPS) is 12.4. The molecule has 0 saturated heterocycles. The van der Waals surface area contributed by atoms with Crippen LogP contribution in [0.5, 0.6) is 0 Å². The van der Waals surface area contributed by atoms with E-state index in [1.165, 1.54) is 30.4 Å². The van der Waals surface area contributed by atoms with Gasteiger partial charge in [-0.3, -0.25) is 0 Å². The van der Waals surface area contributed by atoms with Gasteiger partial charge in [0.1, 0.15) is 0 Å². The molecular weight excluding hydrogens is 156 g/mol. The standard InChI is InChI=1S/C13H22/c1-5-7-9-11-13(4)12(3)10-8-6-2/h6,8,10H,4-5,7,9,11H2,1-3H3/b8-6-,12-10+. The van der Waals surface area contributed by atoms with Gasteiger partial charge in [0, 0.05) is 0 Å². The molecule has 0 aliphatic rings. The van der Waals surface area contributed by atoms with E-state index in [1.807, 2.05) is 13.0 Å². The lowest BCUT2D eigenvalue weighted by Gasteiger charge is -2.04.